The van der Waals surface area contributed by atoms with Crippen LogP contribution in [0.4, 0.5) is 0 Å². The molecule has 1 heterocycles. The monoisotopic (exact) mass is 302 g/mol. The van der Waals surface area contributed by atoms with Gasteiger partial charge in [-0.1, -0.05) is 37.3 Å². The van der Waals surface area contributed by atoms with Crippen LogP contribution in [0, 0.1) is 0 Å². The molecular weight excluding hydrogens is 280 g/mol. The molecule has 0 unspecified atom stereocenters. The first kappa shape index (κ1) is 16.1. The Hall–Kier alpha value is -2.24. The number of nitrogens with one attached hydrogen (secondary N) is 1. The third-order valence-electron chi connectivity index (χ3n) is 3.45. The van der Waals surface area contributed by atoms with E-state index >= 15 is 0 Å². The molecular formula is C16H22N4O2. The summed E-state index contributed by atoms with van der Waals surface area (Å²) in [6, 6.07) is 10.0. The van der Waals surface area contributed by atoms with Gasteiger partial charge in [0.25, 0.3) is 0 Å². The number of H-pyrrole nitrogens is 1. The molecule has 0 radical (unpaired) electrons. The lowest BCUT2D eigenvalue weighted by Crippen LogP contribution is -2.26. The van der Waals surface area contributed by atoms with Gasteiger partial charge in [0.15, 0.2) is 5.82 Å². The van der Waals surface area contributed by atoms with Gasteiger partial charge in [0, 0.05) is 5.92 Å². The Balaban J connectivity index is 2.19. The smallest absolute Gasteiger partial charge is 0.307 e. The van der Waals surface area contributed by atoms with Gasteiger partial charge < -0.3 is 4.74 Å². The van der Waals surface area contributed by atoms with Gasteiger partial charge in [0.1, 0.15) is 5.60 Å². The Morgan fingerprint density at radius 3 is 2.50 bits per heavy atom. The van der Waals surface area contributed by atoms with E-state index < -0.39 is 5.60 Å². The summed E-state index contributed by atoms with van der Waals surface area (Å²) in [6.07, 6.45) is 0.226. The van der Waals surface area contributed by atoms with E-state index in [0.717, 1.165) is 5.56 Å². The Kier molecular flexibility index (Phi) is 4.90. The number of ether oxygens (including phenoxy) is 1. The highest BCUT2D eigenvalue weighted by atomic mass is 16.6. The van der Waals surface area contributed by atoms with Gasteiger partial charge in [-0.25, -0.2) is 5.10 Å². The van der Waals surface area contributed by atoms with E-state index in [1.165, 1.54) is 0 Å². The van der Waals surface area contributed by atoms with Gasteiger partial charge in [0.2, 0.25) is 0 Å². The molecule has 1 aromatic heterocycles. The topological polar surface area (TPSA) is 80.8 Å². The maximum Gasteiger partial charge on any atom is 0.307 e. The van der Waals surface area contributed by atoms with Gasteiger partial charge in [-0.3, -0.25) is 4.79 Å². The molecule has 0 saturated carbocycles. The van der Waals surface area contributed by atoms with Gasteiger partial charge in [0.05, 0.1) is 6.42 Å². The molecule has 0 aliphatic heterocycles. The molecule has 0 aliphatic carbocycles. The zero-order valence-corrected chi connectivity index (χ0v) is 13.4. The molecule has 0 spiro atoms. The Bertz CT molecular complexity index is 590. The quantitative estimate of drug-likeness (QED) is 0.859. The molecule has 6 nitrogen and oxygen atoms in total. The SMILES string of the molecule is C[C@@H](c1ccccc1)[C@@H](CC(=O)OC(C)(C)C)c1nnn[nH]1. The minimum atomic E-state index is -0.503. The second kappa shape index (κ2) is 6.68. The number of carbonyl (C=O) groups is 1. The molecule has 0 amide bonds. The molecule has 1 N–H and O–H groups in total. The first-order valence-electron chi connectivity index (χ1n) is 7.37. The van der Waals surface area contributed by atoms with E-state index in [4.69, 9.17) is 4.74 Å². The molecule has 118 valence electrons. The summed E-state index contributed by atoms with van der Waals surface area (Å²) in [5.74, 6) is 0.273. The summed E-state index contributed by atoms with van der Waals surface area (Å²) < 4.78 is 5.43. The number of carbonyl (C=O) groups excluding carboxylic acids is 1. The van der Waals surface area contributed by atoms with Gasteiger partial charge >= 0.3 is 5.97 Å². The fourth-order valence-electron chi connectivity index (χ4n) is 2.39. The number of benzene rings is 1. The van der Waals surface area contributed by atoms with Crippen molar-refractivity contribution in [1.29, 1.82) is 0 Å². The highest BCUT2D eigenvalue weighted by Gasteiger charge is 2.29. The number of hydrogen-bond acceptors (Lipinski definition) is 5. The van der Waals surface area contributed by atoms with Crippen LogP contribution in [-0.4, -0.2) is 32.2 Å². The first-order chi connectivity index (χ1) is 10.4. The summed E-state index contributed by atoms with van der Waals surface area (Å²) in [4.78, 5) is 12.2. The zero-order valence-electron chi connectivity index (χ0n) is 13.4. The van der Waals surface area contributed by atoms with Crippen LogP contribution in [0.15, 0.2) is 30.3 Å². The van der Waals surface area contributed by atoms with Crippen molar-refractivity contribution >= 4 is 5.97 Å². The van der Waals surface area contributed by atoms with Crippen LogP contribution in [0.3, 0.4) is 0 Å². The van der Waals surface area contributed by atoms with Crippen LogP contribution < -0.4 is 0 Å². The van der Waals surface area contributed by atoms with Crippen LogP contribution in [0.1, 0.15) is 57.3 Å². The van der Waals surface area contributed by atoms with E-state index in [1.807, 2.05) is 51.1 Å². The van der Waals surface area contributed by atoms with Crippen molar-refractivity contribution in [1.82, 2.24) is 20.6 Å². The minimum absolute atomic E-state index is 0.0865. The number of hydrogen-bond donors (Lipinski definition) is 1. The van der Waals surface area contributed by atoms with Gasteiger partial charge in [-0.05, 0) is 42.7 Å². The van der Waals surface area contributed by atoms with Crippen molar-refractivity contribution < 1.29 is 9.53 Å². The van der Waals surface area contributed by atoms with Crippen LogP contribution in [0.2, 0.25) is 0 Å². The number of rotatable bonds is 5. The van der Waals surface area contributed by atoms with E-state index in [2.05, 4.69) is 27.5 Å². The highest BCUT2D eigenvalue weighted by molar-refractivity contribution is 5.71. The van der Waals surface area contributed by atoms with Crippen molar-refractivity contribution in [2.24, 2.45) is 0 Å². The summed E-state index contributed by atoms with van der Waals surface area (Å²) in [6.45, 7) is 7.64. The maximum atomic E-state index is 12.2. The van der Waals surface area contributed by atoms with E-state index in [1.54, 1.807) is 0 Å². The second-order valence-corrected chi connectivity index (χ2v) is 6.38. The normalized spacial score (nSPS) is 14.4. The lowest BCUT2D eigenvalue weighted by atomic mass is 9.85. The molecule has 0 fully saturated rings. The van der Waals surface area contributed by atoms with Crippen molar-refractivity contribution in [3.63, 3.8) is 0 Å². The fraction of sp³-hybridized carbons (Fsp3) is 0.500. The summed E-state index contributed by atoms with van der Waals surface area (Å²) in [5, 5.41) is 14.0. The molecule has 0 saturated heterocycles. The van der Waals surface area contributed by atoms with Crippen LogP contribution in [0.25, 0.3) is 0 Å². The number of aromatic nitrogens is 4. The fourth-order valence-corrected chi connectivity index (χ4v) is 2.39. The van der Waals surface area contributed by atoms with Crippen molar-refractivity contribution in [3.05, 3.63) is 41.7 Å². The molecule has 2 aromatic rings. The number of aromatic amines is 1. The summed E-state index contributed by atoms with van der Waals surface area (Å²) in [5.41, 5.74) is 0.629. The average molecular weight is 302 g/mol. The number of nitrogens with zero attached hydrogens (tertiary/aromatic N) is 3. The largest absolute Gasteiger partial charge is 0.460 e. The average Bonchev–Trinajstić information content (AvgIpc) is 2.97. The van der Waals surface area contributed by atoms with E-state index in [9.17, 15) is 4.79 Å². The van der Waals surface area contributed by atoms with E-state index in [0.29, 0.717) is 5.82 Å². The van der Waals surface area contributed by atoms with Crippen molar-refractivity contribution in [3.8, 4) is 0 Å². The molecule has 2 rings (SSSR count). The zero-order chi connectivity index (χ0) is 16.2. The third kappa shape index (κ3) is 4.38. The standard InChI is InChI=1S/C16H22N4O2/c1-11(12-8-6-5-7-9-12)13(15-17-19-20-18-15)10-14(21)22-16(2,3)4/h5-9,11,13H,10H2,1-4H3,(H,17,18,19,20)/t11-,13+/m0/s1. The Labute approximate surface area is 130 Å². The molecule has 1 aromatic carbocycles. The number of tetrazole rings is 1. The Morgan fingerprint density at radius 2 is 1.95 bits per heavy atom. The van der Waals surface area contributed by atoms with Crippen LogP contribution in [0.5, 0.6) is 0 Å². The van der Waals surface area contributed by atoms with Crippen LogP contribution in [-0.2, 0) is 9.53 Å². The minimum Gasteiger partial charge on any atom is -0.460 e. The van der Waals surface area contributed by atoms with Gasteiger partial charge in [-0.15, -0.1) is 5.10 Å². The second-order valence-electron chi connectivity index (χ2n) is 6.38. The van der Waals surface area contributed by atoms with Crippen LogP contribution >= 0.6 is 0 Å². The highest BCUT2D eigenvalue weighted by Crippen LogP contribution is 2.33. The summed E-state index contributed by atoms with van der Waals surface area (Å²) in [7, 11) is 0. The maximum absolute atomic E-state index is 12.2. The van der Waals surface area contributed by atoms with E-state index in [-0.39, 0.29) is 24.2 Å². The predicted molar refractivity (Wildman–Crippen MR) is 82.2 cm³/mol. The summed E-state index contributed by atoms with van der Waals surface area (Å²) >= 11 is 0. The molecule has 6 heteroatoms. The number of esters is 1. The van der Waals surface area contributed by atoms with Gasteiger partial charge in [-0.2, -0.15) is 0 Å². The lowest BCUT2D eigenvalue weighted by Gasteiger charge is -2.24. The Morgan fingerprint density at radius 1 is 1.27 bits per heavy atom. The van der Waals surface area contributed by atoms with Crippen molar-refractivity contribution in [2.75, 3.05) is 0 Å². The molecule has 2 atom stereocenters. The lowest BCUT2D eigenvalue weighted by molar-refractivity contribution is -0.155. The molecule has 22 heavy (non-hydrogen) atoms. The first-order valence-corrected chi connectivity index (χ1v) is 7.37. The molecule has 0 aliphatic rings. The third-order valence-corrected chi connectivity index (χ3v) is 3.45. The predicted octanol–water partition coefficient (Wildman–Crippen LogP) is 2.82. The van der Waals surface area contributed by atoms with Crippen molar-refractivity contribution in [2.45, 2.75) is 51.6 Å². The molecule has 0 bridgehead atoms.